The summed E-state index contributed by atoms with van der Waals surface area (Å²) in [6.45, 7) is 2.17. The summed E-state index contributed by atoms with van der Waals surface area (Å²) >= 11 is 0. The normalized spacial score (nSPS) is 25.8. The van der Waals surface area contributed by atoms with E-state index in [0.29, 0.717) is 0 Å². The van der Waals surface area contributed by atoms with Crippen molar-refractivity contribution in [2.75, 3.05) is 0 Å². The summed E-state index contributed by atoms with van der Waals surface area (Å²) in [6, 6.07) is 0. The van der Waals surface area contributed by atoms with Crippen LogP contribution in [0.25, 0.3) is 0 Å². The van der Waals surface area contributed by atoms with E-state index in [1.54, 1.807) is 5.92 Å². The molecule has 1 aliphatic carbocycles. The van der Waals surface area contributed by atoms with Crippen LogP contribution < -0.4 is 0 Å². The molecule has 0 aromatic heterocycles. The van der Waals surface area contributed by atoms with Gasteiger partial charge in [-0.2, -0.15) is 0 Å². The SMILES string of the molecule is C[C]1[CH]CC1. The summed E-state index contributed by atoms with van der Waals surface area (Å²) in [5.41, 5.74) is 0. The van der Waals surface area contributed by atoms with Crippen LogP contribution in [0.1, 0.15) is 19.8 Å². The van der Waals surface area contributed by atoms with Gasteiger partial charge in [0.1, 0.15) is 0 Å². The Morgan fingerprint density at radius 2 is 2.20 bits per heavy atom. The molecule has 0 N–H and O–H groups in total. The third-order valence-electron chi connectivity index (χ3n) is 1.03. The zero-order valence-electron chi connectivity index (χ0n) is 3.49. The zero-order valence-corrected chi connectivity index (χ0v) is 3.49. The second kappa shape index (κ2) is 1.00. The lowest BCUT2D eigenvalue weighted by molar-refractivity contribution is 0.699. The molecule has 0 nitrogen and oxygen atoms in total. The highest BCUT2D eigenvalue weighted by molar-refractivity contribution is 5.09. The van der Waals surface area contributed by atoms with Crippen LogP contribution in [0.3, 0.4) is 0 Å². The smallest absolute Gasteiger partial charge is 0.0238 e. The minimum Gasteiger partial charge on any atom is -0.0588 e. The predicted octanol–water partition coefficient (Wildman–Crippen LogP) is 1.58. The van der Waals surface area contributed by atoms with E-state index >= 15 is 0 Å². The van der Waals surface area contributed by atoms with E-state index in [0.717, 1.165) is 0 Å². The van der Waals surface area contributed by atoms with Gasteiger partial charge < -0.3 is 0 Å². The van der Waals surface area contributed by atoms with Gasteiger partial charge in [0.2, 0.25) is 0 Å². The third kappa shape index (κ3) is 0.444. The van der Waals surface area contributed by atoms with Crippen molar-refractivity contribution in [3.63, 3.8) is 0 Å². The fourth-order valence-electron chi connectivity index (χ4n) is 0.433. The largest absolute Gasteiger partial charge is 0.0588 e. The molecule has 1 fully saturated rings. The van der Waals surface area contributed by atoms with Gasteiger partial charge >= 0.3 is 0 Å². The third-order valence-corrected chi connectivity index (χ3v) is 1.03. The zero-order chi connectivity index (χ0) is 3.70. The number of hydrogen-bond donors (Lipinski definition) is 0. The highest BCUT2D eigenvalue weighted by Gasteiger charge is 2.10. The topological polar surface area (TPSA) is 0 Å². The predicted molar refractivity (Wildman–Crippen MR) is 22.5 cm³/mol. The highest BCUT2D eigenvalue weighted by atomic mass is 14.1. The molecule has 2 radical (unpaired) electrons. The van der Waals surface area contributed by atoms with Crippen molar-refractivity contribution >= 4 is 0 Å². The molecular weight excluding hydrogens is 60.1 g/mol. The van der Waals surface area contributed by atoms with Crippen molar-refractivity contribution < 1.29 is 0 Å². The summed E-state index contributed by atoms with van der Waals surface area (Å²) in [4.78, 5) is 0. The quantitative estimate of drug-likeness (QED) is 0.404. The molecule has 0 bridgehead atoms. The maximum absolute atomic E-state index is 2.26. The minimum atomic E-state index is 1.33. The van der Waals surface area contributed by atoms with Gasteiger partial charge in [-0.3, -0.25) is 0 Å². The van der Waals surface area contributed by atoms with Gasteiger partial charge in [-0.15, -0.1) is 0 Å². The first-order chi connectivity index (χ1) is 2.39. The summed E-state index contributed by atoms with van der Waals surface area (Å²) < 4.78 is 0. The average Bonchev–Trinajstić information content (AvgIpc) is 1.30. The fraction of sp³-hybridized carbons (Fsp3) is 0.600. The first-order valence-corrected chi connectivity index (χ1v) is 2.05. The molecule has 0 spiro atoms. The monoisotopic (exact) mass is 68.1 g/mol. The maximum atomic E-state index is 2.26. The molecule has 0 unspecified atom stereocenters. The molecule has 0 saturated heterocycles. The van der Waals surface area contributed by atoms with E-state index in [1.807, 2.05) is 0 Å². The lowest BCUT2D eigenvalue weighted by Crippen LogP contribution is -2.02. The molecule has 0 amide bonds. The Morgan fingerprint density at radius 1 is 1.80 bits per heavy atom. The Bertz CT molecular complexity index is 27.0. The Morgan fingerprint density at radius 3 is 2.20 bits per heavy atom. The fourth-order valence-corrected chi connectivity index (χ4v) is 0.433. The lowest BCUT2D eigenvalue weighted by Gasteiger charge is -2.17. The molecule has 0 heteroatoms. The Kier molecular flexibility index (Phi) is 0.640. The van der Waals surface area contributed by atoms with Crippen molar-refractivity contribution in [3.05, 3.63) is 12.3 Å². The molecule has 5 heavy (non-hydrogen) atoms. The molecule has 1 aliphatic rings. The van der Waals surface area contributed by atoms with Crippen LogP contribution >= 0.6 is 0 Å². The van der Waals surface area contributed by atoms with Crippen LogP contribution in [0.2, 0.25) is 0 Å². The van der Waals surface area contributed by atoms with Crippen molar-refractivity contribution in [2.45, 2.75) is 19.8 Å². The molecule has 28 valence electrons. The Labute approximate surface area is 33.2 Å². The van der Waals surface area contributed by atoms with E-state index in [4.69, 9.17) is 0 Å². The molecule has 0 aliphatic heterocycles. The van der Waals surface area contributed by atoms with Gasteiger partial charge in [0.15, 0.2) is 0 Å². The molecule has 1 rings (SSSR count). The number of rotatable bonds is 0. The summed E-state index contributed by atoms with van der Waals surface area (Å²) in [6.07, 6.45) is 4.94. The first-order valence-electron chi connectivity index (χ1n) is 2.05. The Balaban J connectivity index is 2.08. The van der Waals surface area contributed by atoms with Crippen LogP contribution in [0.15, 0.2) is 0 Å². The molecule has 0 aromatic rings. The van der Waals surface area contributed by atoms with Crippen molar-refractivity contribution in [2.24, 2.45) is 0 Å². The van der Waals surface area contributed by atoms with Gasteiger partial charge in [0, 0.05) is 0 Å². The summed E-state index contributed by atoms with van der Waals surface area (Å²) in [5.74, 6) is 1.56. The lowest BCUT2D eigenvalue weighted by atomic mass is 9.88. The summed E-state index contributed by atoms with van der Waals surface area (Å²) in [5, 5.41) is 0. The Hall–Kier alpha value is 0. The molecular formula is C5H8. The van der Waals surface area contributed by atoms with Crippen LogP contribution in [-0.2, 0) is 0 Å². The first kappa shape index (κ1) is 3.20. The van der Waals surface area contributed by atoms with Gasteiger partial charge in [0.25, 0.3) is 0 Å². The highest BCUT2D eigenvalue weighted by Crippen LogP contribution is 2.25. The summed E-state index contributed by atoms with van der Waals surface area (Å²) in [7, 11) is 0. The molecule has 0 atom stereocenters. The van der Waals surface area contributed by atoms with Crippen LogP contribution in [0.4, 0.5) is 0 Å². The molecule has 0 aromatic carbocycles. The van der Waals surface area contributed by atoms with Gasteiger partial charge in [0.05, 0.1) is 0 Å². The van der Waals surface area contributed by atoms with Crippen molar-refractivity contribution in [3.8, 4) is 0 Å². The van der Waals surface area contributed by atoms with Crippen LogP contribution in [0.5, 0.6) is 0 Å². The average molecular weight is 68.1 g/mol. The molecule has 1 saturated carbocycles. The van der Waals surface area contributed by atoms with E-state index in [1.165, 1.54) is 12.8 Å². The van der Waals surface area contributed by atoms with Gasteiger partial charge in [-0.05, 0) is 25.2 Å². The molecule has 0 heterocycles. The van der Waals surface area contributed by atoms with E-state index < -0.39 is 0 Å². The van der Waals surface area contributed by atoms with E-state index in [2.05, 4.69) is 13.3 Å². The van der Waals surface area contributed by atoms with Gasteiger partial charge in [-0.1, -0.05) is 6.92 Å². The van der Waals surface area contributed by atoms with Crippen LogP contribution in [0, 0.1) is 12.3 Å². The van der Waals surface area contributed by atoms with Crippen molar-refractivity contribution in [1.82, 2.24) is 0 Å². The number of hydrogen-bond acceptors (Lipinski definition) is 0. The standard InChI is InChI=1S/C5H8/c1-5-3-2-4-5/h3H,2,4H2,1H3. The second-order valence-electron chi connectivity index (χ2n) is 1.59. The van der Waals surface area contributed by atoms with Crippen LogP contribution in [-0.4, -0.2) is 0 Å². The van der Waals surface area contributed by atoms with Crippen molar-refractivity contribution in [1.29, 1.82) is 0 Å². The van der Waals surface area contributed by atoms with Gasteiger partial charge in [-0.25, -0.2) is 0 Å². The minimum absolute atomic E-state index is 1.33. The maximum Gasteiger partial charge on any atom is -0.0238 e. The van der Waals surface area contributed by atoms with E-state index in [9.17, 15) is 0 Å². The second-order valence-corrected chi connectivity index (χ2v) is 1.59. The van der Waals surface area contributed by atoms with E-state index in [-0.39, 0.29) is 0 Å².